The number of aromatic hydroxyl groups is 4. The number of nitrogens with one attached hydrogen (secondary N) is 7. The van der Waals surface area contributed by atoms with Crippen LogP contribution in [0, 0.1) is 0 Å². The number of esters is 1. The van der Waals surface area contributed by atoms with E-state index in [-0.39, 0.29) is 34.8 Å². The number of aromatic nitrogens is 1. The lowest BCUT2D eigenvalue weighted by Gasteiger charge is -2.31. The standard InChI is InChI=1S/C46H46ClN7O13/c1-23-37(52-42(62)34(15-25-10-6-3-7-11-25)49-40(60)32-12-13-36(47)48-32)44(64)50-33(14-24-8-4-2-5-9-24)41(61)51-35(22-55)43(63)53-38(26-16-28(56)20-29(57)17-26)45(65)54-39(46(66)67-23)27-18-30(58)21-31(59)19-27/h2-13,16-21,23,33-35,37-39,48,55-59H,14-15,22H2,1H3,(H,49,60)(H,50,64)(H,51,61)(H,52,62)(H,53,63)(H,54,65)/t23-,33+,34+,35-,37-,38-,39?/m1/s1. The summed E-state index contributed by atoms with van der Waals surface area (Å²) in [6.07, 6.45) is -2.03. The van der Waals surface area contributed by atoms with Gasteiger partial charge in [0, 0.05) is 25.0 Å². The quantitative estimate of drug-likeness (QED) is 0.0830. The van der Waals surface area contributed by atoms with Crippen molar-refractivity contribution in [2.45, 2.75) is 62.1 Å². The fourth-order valence-corrected chi connectivity index (χ4v) is 7.33. The lowest BCUT2D eigenvalue weighted by atomic mass is 10.0. The second-order valence-corrected chi connectivity index (χ2v) is 15.9. The summed E-state index contributed by atoms with van der Waals surface area (Å²) >= 11 is 6.01. The highest BCUT2D eigenvalue weighted by Crippen LogP contribution is 2.29. The first kappa shape index (κ1) is 48.4. The van der Waals surface area contributed by atoms with Crippen molar-refractivity contribution in [2.75, 3.05) is 6.61 Å². The maximum Gasteiger partial charge on any atom is 0.333 e. The molecule has 1 fully saturated rings. The van der Waals surface area contributed by atoms with Crippen LogP contribution in [0.3, 0.4) is 0 Å². The highest BCUT2D eigenvalue weighted by atomic mass is 35.5. The van der Waals surface area contributed by atoms with Gasteiger partial charge in [-0.1, -0.05) is 72.3 Å². The summed E-state index contributed by atoms with van der Waals surface area (Å²) in [5.74, 6) is -9.83. The maximum absolute atomic E-state index is 14.6. The van der Waals surface area contributed by atoms with Gasteiger partial charge >= 0.3 is 5.97 Å². The SMILES string of the molecule is C[C@H]1OC(=O)C(c2cc(O)cc(O)c2)NC(=O)[C@@H](c2cc(O)cc(O)c2)NC(=O)[C@@H](CO)NC(=O)[C@H](Cc2ccccc2)NC(=O)[C@@H]1NC(=O)[C@H](Cc1ccccc1)NC(=O)c1ccc(Cl)[nH]1. The van der Waals surface area contributed by atoms with Crippen LogP contribution in [0.1, 0.15) is 51.7 Å². The topological polar surface area (TPSA) is 318 Å². The van der Waals surface area contributed by atoms with Gasteiger partial charge < -0.3 is 67.2 Å². The molecular formula is C46H46ClN7O13. The lowest BCUT2D eigenvalue weighted by Crippen LogP contribution is -2.62. The summed E-state index contributed by atoms with van der Waals surface area (Å²) in [5.41, 5.74) is 0.565. The van der Waals surface area contributed by atoms with Gasteiger partial charge in [0.2, 0.25) is 29.5 Å². The van der Waals surface area contributed by atoms with Crippen LogP contribution < -0.4 is 31.9 Å². The number of amides is 6. The van der Waals surface area contributed by atoms with Crippen molar-refractivity contribution >= 4 is 53.0 Å². The molecule has 2 heterocycles. The van der Waals surface area contributed by atoms with Gasteiger partial charge in [-0.3, -0.25) is 28.8 Å². The number of halogens is 1. The van der Waals surface area contributed by atoms with Crippen molar-refractivity contribution in [1.29, 1.82) is 0 Å². The number of benzene rings is 4. The number of cyclic esters (lactones) is 1. The Kier molecular flexibility index (Phi) is 15.7. The van der Waals surface area contributed by atoms with E-state index in [1.165, 1.54) is 19.1 Å². The molecule has 0 aliphatic carbocycles. The number of hydrogen-bond donors (Lipinski definition) is 12. The Morgan fingerprint density at radius 3 is 1.73 bits per heavy atom. The Hall–Kier alpha value is -8.10. The smallest absolute Gasteiger partial charge is 0.333 e. The molecule has 1 aliphatic heterocycles. The molecule has 1 aromatic heterocycles. The number of aliphatic hydroxyl groups is 1. The van der Waals surface area contributed by atoms with Gasteiger partial charge in [0.05, 0.1) is 6.61 Å². The van der Waals surface area contributed by atoms with Crippen molar-refractivity contribution in [3.63, 3.8) is 0 Å². The van der Waals surface area contributed by atoms with Crippen molar-refractivity contribution in [3.8, 4) is 23.0 Å². The Labute approximate surface area is 386 Å². The predicted octanol–water partition coefficient (Wildman–Crippen LogP) is 1.18. The van der Waals surface area contributed by atoms with E-state index in [4.69, 9.17) is 16.3 Å². The number of carbonyl (C=O) groups is 7. The molecule has 1 saturated heterocycles. The van der Waals surface area contributed by atoms with Gasteiger partial charge in [0.25, 0.3) is 5.91 Å². The number of hydrogen-bond acceptors (Lipinski definition) is 13. The number of phenolic OH excluding ortho intramolecular Hbond substituents is 4. The molecule has 350 valence electrons. The van der Waals surface area contributed by atoms with E-state index < -0.39 is 113 Å². The number of phenols is 4. The van der Waals surface area contributed by atoms with Crippen molar-refractivity contribution in [1.82, 2.24) is 36.9 Å². The molecule has 1 unspecified atom stereocenters. The summed E-state index contributed by atoms with van der Waals surface area (Å²) < 4.78 is 5.80. The third-order valence-electron chi connectivity index (χ3n) is 10.5. The van der Waals surface area contributed by atoms with Gasteiger partial charge in [-0.05, 0) is 65.6 Å². The molecule has 5 aromatic rings. The minimum Gasteiger partial charge on any atom is -0.508 e. The van der Waals surface area contributed by atoms with E-state index >= 15 is 0 Å². The summed E-state index contributed by atoms with van der Waals surface area (Å²) in [6, 6.07) is 14.9. The lowest BCUT2D eigenvalue weighted by molar-refractivity contribution is -0.156. The second-order valence-electron chi connectivity index (χ2n) is 15.5. The molecule has 7 atom stereocenters. The zero-order valence-electron chi connectivity index (χ0n) is 35.4. The molecule has 0 spiro atoms. The summed E-state index contributed by atoms with van der Waals surface area (Å²) in [7, 11) is 0. The summed E-state index contributed by atoms with van der Waals surface area (Å²) in [5, 5.41) is 66.9. The molecule has 0 radical (unpaired) electrons. The van der Waals surface area contributed by atoms with E-state index in [2.05, 4.69) is 36.9 Å². The molecule has 4 aromatic carbocycles. The minimum absolute atomic E-state index is 0.000534. The monoisotopic (exact) mass is 939 g/mol. The van der Waals surface area contributed by atoms with Crippen LogP contribution >= 0.6 is 11.6 Å². The van der Waals surface area contributed by atoms with Gasteiger partial charge in [-0.25, -0.2) is 4.79 Å². The third-order valence-corrected chi connectivity index (χ3v) is 10.7. The number of ether oxygens (including phenoxy) is 1. The molecule has 67 heavy (non-hydrogen) atoms. The van der Waals surface area contributed by atoms with Crippen LogP contribution in [0.4, 0.5) is 0 Å². The second kappa shape index (κ2) is 21.7. The van der Waals surface area contributed by atoms with Crippen LogP contribution in [-0.4, -0.2) is 109 Å². The van der Waals surface area contributed by atoms with Gasteiger partial charge in [-0.2, -0.15) is 0 Å². The molecular weight excluding hydrogens is 894 g/mol. The van der Waals surface area contributed by atoms with E-state index in [1.807, 2.05) is 0 Å². The zero-order chi connectivity index (χ0) is 48.4. The minimum atomic E-state index is -1.97. The number of aliphatic hydroxyl groups excluding tert-OH is 1. The first-order chi connectivity index (χ1) is 32.0. The average molecular weight is 940 g/mol. The molecule has 6 rings (SSSR count). The number of aromatic amines is 1. The number of rotatable bonds is 11. The first-order valence-electron chi connectivity index (χ1n) is 20.6. The Morgan fingerprint density at radius 2 is 1.18 bits per heavy atom. The summed E-state index contributed by atoms with van der Waals surface area (Å²) in [4.78, 5) is 102. The molecule has 20 nitrogen and oxygen atoms in total. The molecule has 0 saturated carbocycles. The third kappa shape index (κ3) is 12.8. The van der Waals surface area contributed by atoms with E-state index in [1.54, 1.807) is 60.7 Å². The fraction of sp³-hybridized carbons (Fsp3) is 0.239. The zero-order valence-corrected chi connectivity index (χ0v) is 36.2. The van der Waals surface area contributed by atoms with Crippen LogP contribution in [-0.2, 0) is 46.3 Å². The Bertz CT molecular complexity index is 2590. The maximum atomic E-state index is 14.6. The normalized spacial score (nSPS) is 21.1. The van der Waals surface area contributed by atoms with Gasteiger partial charge in [0.1, 0.15) is 70.2 Å². The van der Waals surface area contributed by atoms with Crippen LogP contribution in [0.5, 0.6) is 23.0 Å². The van der Waals surface area contributed by atoms with E-state index in [0.717, 1.165) is 36.4 Å². The van der Waals surface area contributed by atoms with E-state index in [9.17, 15) is 59.1 Å². The van der Waals surface area contributed by atoms with Crippen LogP contribution in [0.2, 0.25) is 5.15 Å². The average Bonchev–Trinajstić information content (AvgIpc) is 3.73. The number of carbonyl (C=O) groups excluding carboxylic acids is 7. The molecule has 6 amide bonds. The van der Waals surface area contributed by atoms with Crippen LogP contribution in [0.15, 0.2) is 109 Å². The number of H-pyrrole nitrogens is 1. The molecule has 21 heteroatoms. The van der Waals surface area contributed by atoms with Crippen LogP contribution in [0.25, 0.3) is 0 Å². The molecule has 1 aliphatic rings. The Balaban J connectivity index is 1.44. The van der Waals surface area contributed by atoms with Crippen molar-refractivity contribution < 1.29 is 63.8 Å². The van der Waals surface area contributed by atoms with Crippen molar-refractivity contribution in [3.05, 3.63) is 142 Å². The largest absolute Gasteiger partial charge is 0.508 e. The Morgan fingerprint density at radius 1 is 0.657 bits per heavy atom. The van der Waals surface area contributed by atoms with Gasteiger partial charge in [-0.15, -0.1) is 0 Å². The highest BCUT2D eigenvalue weighted by Gasteiger charge is 2.39. The summed E-state index contributed by atoms with van der Waals surface area (Å²) in [6.45, 7) is 0.155. The first-order valence-corrected chi connectivity index (χ1v) is 21.0. The predicted molar refractivity (Wildman–Crippen MR) is 237 cm³/mol. The fourth-order valence-electron chi connectivity index (χ4n) is 7.17. The molecule has 12 N–H and O–H groups in total. The highest BCUT2D eigenvalue weighted by molar-refractivity contribution is 6.29. The molecule has 0 bridgehead atoms. The van der Waals surface area contributed by atoms with Gasteiger partial charge in [0.15, 0.2) is 6.04 Å². The van der Waals surface area contributed by atoms with Crippen molar-refractivity contribution in [2.24, 2.45) is 0 Å². The van der Waals surface area contributed by atoms with E-state index in [0.29, 0.717) is 11.1 Å².